The third-order valence-corrected chi connectivity index (χ3v) is 3.53. The standard InChI is InChI=1S/C13H17N3/c1-2-6-11(5-1)12-9-13(15-10-14-12)16-7-3-4-8-16/h1-2,9-11H,3-8H2. The molecule has 3 rings (SSSR count). The van der Waals surface area contributed by atoms with E-state index in [0.29, 0.717) is 5.92 Å². The van der Waals surface area contributed by atoms with E-state index in [1.807, 2.05) is 0 Å². The van der Waals surface area contributed by atoms with E-state index in [1.54, 1.807) is 6.33 Å². The number of hydrogen-bond acceptors (Lipinski definition) is 3. The Labute approximate surface area is 96.2 Å². The van der Waals surface area contributed by atoms with Crippen LogP contribution >= 0.6 is 0 Å². The SMILES string of the molecule is C1=CCC(c2cc(N3CCCC3)ncn2)C1. The second-order valence-corrected chi connectivity index (χ2v) is 4.63. The second kappa shape index (κ2) is 4.24. The lowest BCUT2D eigenvalue weighted by atomic mass is 10.0. The predicted molar refractivity (Wildman–Crippen MR) is 64.6 cm³/mol. The molecule has 0 unspecified atom stereocenters. The van der Waals surface area contributed by atoms with Crippen molar-refractivity contribution in [3.63, 3.8) is 0 Å². The quantitative estimate of drug-likeness (QED) is 0.710. The Bertz CT molecular complexity index is 369. The molecule has 1 fully saturated rings. The molecule has 2 aliphatic rings. The van der Waals surface area contributed by atoms with Gasteiger partial charge in [-0.1, -0.05) is 12.2 Å². The summed E-state index contributed by atoms with van der Waals surface area (Å²) in [5, 5.41) is 0. The maximum Gasteiger partial charge on any atom is 0.132 e. The normalized spacial score (nSPS) is 20.9. The van der Waals surface area contributed by atoms with Crippen molar-refractivity contribution in [1.82, 2.24) is 9.97 Å². The van der Waals surface area contributed by atoms with Gasteiger partial charge in [0.25, 0.3) is 0 Å². The molecule has 0 radical (unpaired) electrons. The van der Waals surface area contributed by atoms with Crippen LogP contribution in [-0.2, 0) is 0 Å². The fourth-order valence-electron chi connectivity index (χ4n) is 2.56. The number of allylic oxidation sites excluding steroid dienone is 2. The minimum atomic E-state index is 0.587. The van der Waals surface area contributed by atoms with Crippen molar-refractivity contribution >= 4 is 5.82 Å². The van der Waals surface area contributed by atoms with Crippen LogP contribution in [0.5, 0.6) is 0 Å². The van der Waals surface area contributed by atoms with Gasteiger partial charge in [0.05, 0.1) is 0 Å². The zero-order chi connectivity index (χ0) is 10.8. The van der Waals surface area contributed by atoms with Gasteiger partial charge >= 0.3 is 0 Å². The van der Waals surface area contributed by atoms with Gasteiger partial charge in [0, 0.05) is 30.8 Å². The fraction of sp³-hybridized carbons (Fsp3) is 0.538. The van der Waals surface area contributed by atoms with Gasteiger partial charge in [0.2, 0.25) is 0 Å². The van der Waals surface area contributed by atoms with Crippen molar-refractivity contribution in [2.24, 2.45) is 0 Å². The smallest absolute Gasteiger partial charge is 0.132 e. The van der Waals surface area contributed by atoms with Crippen LogP contribution in [0.15, 0.2) is 24.5 Å². The highest BCUT2D eigenvalue weighted by molar-refractivity contribution is 5.40. The summed E-state index contributed by atoms with van der Waals surface area (Å²) < 4.78 is 0. The van der Waals surface area contributed by atoms with E-state index in [9.17, 15) is 0 Å². The molecule has 3 heteroatoms. The number of hydrogen-bond donors (Lipinski definition) is 0. The summed E-state index contributed by atoms with van der Waals surface area (Å²) in [4.78, 5) is 11.2. The van der Waals surface area contributed by atoms with Crippen LogP contribution < -0.4 is 4.90 Å². The molecule has 1 aromatic heterocycles. The summed E-state index contributed by atoms with van der Waals surface area (Å²) in [5.74, 6) is 1.71. The summed E-state index contributed by atoms with van der Waals surface area (Å²) >= 11 is 0. The average Bonchev–Trinajstić information content (AvgIpc) is 3.03. The topological polar surface area (TPSA) is 29.0 Å². The monoisotopic (exact) mass is 215 g/mol. The first-order chi connectivity index (χ1) is 7.93. The average molecular weight is 215 g/mol. The molecule has 2 heterocycles. The molecule has 1 aliphatic carbocycles. The maximum absolute atomic E-state index is 4.42. The molecule has 0 aromatic carbocycles. The molecule has 1 saturated heterocycles. The molecule has 0 N–H and O–H groups in total. The minimum absolute atomic E-state index is 0.587. The Morgan fingerprint density at radius 1 is 1.06 bits per heavy atom. The molecular formula is C13H17N3. The number of rotatable bonds is 2. The van der Waals surface area contributed by atoms with E-state index < -0.39 is 0 Å². The van der Waals surface area contributed by atoms with E-state index in [2.05, 4.69) is 33.1 Å². The lowest BCUT2D eigenvalue weighted by molar-refractivity contribution is 0.718. The number of nitrogens with zero attached hydrogens (tertiary/aromatic N) is 3. The van der Waals surface area contributed by atoms with Crippen LogP contribution in [0.2, 0.25) is 0 Å². The van der Waals surface area contributed by atoms with Gasteiger partial charge in [0.1, 0.15) is 12.1 Å². The highest BCUT2D eigenvalue weighted by atomic mass is 15.2. The maximum atomic E-state index is 4.42. The lowest BCUT2D eigenvalue weighted by Crippen LogP contribution is -2.19. The first-order valence-corrected chi connectivity index (χ1v) is 6.15. The Hall–Kier alpha value is -1.38. The molecule has 84 valence electrons. The third kappa shape index (κ3) is 1.82. The van der Waals surface area contributed by atoms with Crippen molar-refractivity contribution in [1.29, 1.82) is 0 Å². The first kappa shape index (κ1) is 9.82. The summed E-state index contributed by atoms with van der Waals surface area (Å²) in [7, 11) is 0. The van der Waals surface area contributed by atoms with Crippen molar-refractivity contribution in [2.75, 3.05) is 18.0 Å². The van der Waals surface area contributed by atoms with Crippen molar-refractivity contribution in [3.8, 4) is 0 Å². The van der Waals surface area contributed by atoms with E-state index in [-0.39, 0.29) is 0 Å². The molecule has 0 bridgehead atoms. The van der Waals surface area contributed by atoms with Crippen molar-refractivity contribution in [3.05, 3.63) is 30.2 Å². The second-order valence-electron chi connectivity index (χ2n) is 4.63. The fourth-order valence-corrected chi connectivity index (χ4v) is 2.56. The Morgan fingerprint density at radius 3 is 2.56 bits per heavy atom. The Balaban J connectivity index is 1.81. The summed E-state index contributed by atoms with van der Waals surface area (Å²) in [5.41, 5.74) is 1.21. The summed E-state index contributed by atoms with van der Waals surface area (Å²) in [6.07, 6.45) is 11.1. The summed E-state index contributed by atoms with van der Waals surface area (Å²) in [6, 6.07) is 2.18. The molecule has 1 aromatic rings. The number of anilines is 1. The molecule has 0 amide bonds. The Morgan fingerprint density at radius 2 is 1.81 bits per heavy atom. The van der Waals surface area contributed by atoms with Gasteiger partial charge in [-0.2, -0.15) is 0 Å². The van der Waals surface area contributed by atoms with Gasteiger partial charge in [0.15, 0.2) is 0 Å². The highest BCUT2D eigenvalue weighted by Crippen LogP contribution is 2.29. The number of aromatic nitrogens is 2. The zero-order valence-electron chi connectivity index (χ0n) is 9.47. The summed E-state index contributed by atoms with van der Waals surface area (Å²) in [6.45, 7) is 2.30. The van der Waals surface area contributed by atoms with Crippen LogP contribution in [0.1, 0.15) is 37.3 Å². The van der Waals surface area contributed by atoms with E-state index in [0.717, 1.165) is 31.7 Å². The minimum Gasteiger partial charge on any atom is -0.357 e. The van der Waals surface area contributed by atoms with Crippen LogP contribution in [0, 0.1) is 0 Å². The molecule has 3 nitrogen and oxygen atoms in total. The predicted octanol–water partition coefficient (Wildman–Crippen LogP) is 2.51. The molecule has 1 aliphatic heterocycles. The molecular weight excluding hydrogens is 198 g/mol. The van der Waals surface area contributed by atoms with Crippen molar-refractivity contribution < 1.29 is 0 Å². The first-order valence-electron chi connectivity index (χ1n) is 6.15. The Kier molecular flexibility index (Phi) is 2.60. The van der Waals surface area contributed by atoms with Gasteiger partial charge < -0.3 is 4.90 Å². The van der Waals surface area contributed by atoms with Gasteiger partial charge in [-0.15, -0.1) is 0 Å². The van der Waals surface area contributed by atoms with Crippen molar-refractivity contribution in [2.45, 2.75) is 31.6 Å². The third-order valence-electron chi connectivity index (χ3n) is 3.53. The lowest BCUT2D eigenvalue weighted by Gasteiger charge is -2.17. The molecule has 16 heavy (non-hydrogen) atoms. The molecule has 0 saturated carbocycles. The van der Waals surface area contributed by atoms with E-state index >= 15 is 0 Å². The van der Waals surface area contributed by atoms with E-state index in [1.165, 1.54) is 18.5 Å². The zero-order valence-corrected chi connectivity index (χ0v) is 9.47. The largest absolute Gasteiger partial charge is 0.357 e. The van der Waals surface area contributed by atoms with Gasteiger partial charge in [-0.25, -0.2) is 9.97 Å². The van der Waals surface area contributed by atoms with Gasteiger partial charge in [-0.05, 0) is 25.7 Å². The molecule has 0 spiro atoms. The highest BCUT2D eigenvalue weighted by Gasteiger charge is 2.18. The van der Waals surface area contributed by atoms with Crippen LogP contribution in [0.4, 0.5) is 5.82 Å². The van der Waals surface area contributed by atoms with Crippen LogP contribution in [0.3, 0.4) is 0 Å². The van der Waals surface area contributed by atoms with Gasteiger partial charge in [-0.3, -0.25) is 0 Å². The van der Waals surface area contributed by atoms with Crippen LogP contribution in [0.25, 0.3) is 0 Å². The molecule has 0 atom stereocenters. The van der Waals surface area contributed by atoms with Crippen LogP contribution in [-0.4, -0.2) is 23.1 Å². The van der Waals surface area contributed by atoms with E-state index in [4.69, 9.17) is 0 Å².